The third-order valence-electron chi connectivity index (χ3n) is 3.28. The predicted molar refractivity (Wildman–Crippen MR) is 68.9 cm³/mol. The Morgan fingerprint density at radius 2 is 1.94 bits per heavy atom. The van der Waals surface area contributed by atoms with Crippen molar-refractivity contribution in [3.8, 4) is 0 Å². The molecular formula is C14H20N2O. The first-order valence-electron chi connectivity index (χ1n) is 6.31. The van der Waals surface area contributed by atoms with E-state index < -0.39 is 0 Å². The maximum absolute atomic E-state index is 11.6. The number of carbonyl (C=O) groups is 1. The molecule has 0 aromatic heterocycles. The van der Waals surface area contributed by atoms with Gasteiger partial charge in [0, 0.05) is 12.6 Å². The molecule has 3 heteroatoms. The molecule has 17 heavy (non-hydrogen) atoms. The molecule has 0 saturated carbocycles. The molecule has 0 bridgehead atoms. The number of amides is 1. The van der Waals surface area contributed by atoms with Crippen LogP contribution in [0, 0.1) is 0 Å². The molecule has 0 radical (unpaired) electrons. The summed E-state index contributed by atoms with van der Waals surface area (Å²) in [4.78, 5) is 11.6. The summed E-state index contributed by atoms with van der Waals surface area (Å²) >= 11 is 0. The highest BCUT2D eigenvalue weighted by atomic mass is 16.2. The van der Waals surface area contributed by atoms with Gasteiger partial charge < -0.3 is 10.6 Å². The van der Waals surface area contributed by atoms with Crippen LogP contribution >= 0.6 is 0 Å². The summed E-state index contributed by atoms with van der Waals surface area (Å²) in [5.41, 5.74) is 2.82. The summed E-state index contributed by atoms with van der Waals surface area (Å²) in [7, 11) is 0. The Morgan fingerprint density at radius 1 is 1.35 bits per heavy atom. The molecule has 1 aromatic carbocycles. The van der Waals surface area contributed by atoms with Crippen molar-refractivity contribution in [2.75, 3.05) is 6.54 Å². The molecule has 3 nitrogen and oxygen atoms in total. The third kappa shape index (κ3) is 2.86. The predicted octanol–water partition coefficient (Wildman–Crippen LogP) is 1.27. The zero-order chi connectivity index (χ0) is 12.3. The highest BCUT2D eigenvalue weighted by Crippen LogP contribution is 2.21. The fourth-order valence-corrected chi connectivity index (χ4v) is 2.43. The third-order valence-corrected chi connectivity index (χ3v) is 3.28. The topological polar surface area (TPSA) is 41.1 Å². The Balaban J connectivity index is 1.89. The monoisotopic (exact) mass is 232 g/mol. The van der Waals surface area contributed by atoms with E-state index in [1.807, 2.05) is 13.8 Å². The van der Waals surface area contributed by atoms with Crippen LogP contribution in [0.15, 0.2) is 24.3 Å². The van der Waals surface area contributed by atoms with Crippen LogP contribution in [0.4, 0.5) is 0 Å². The van der Waals surface area contributed by atoms with E-state index in [4.69, 9.17) is 0 Å². The van der Waals surface area contributed by atoms with Gasteiger partial charge in [-0.05, 0) is 37.8 Å². The lowest BCUT2D eigenvalue weighted by molar-refractivity contribution is -0.122. The first kappa shape index (κ1) is 12.1. The van der Waals surface area contributed by atoms with Gasteiger partial charge in [-0.1, -0.05) is 24.3 Å². The molecular weight excluding hydrogens is 212 g/mol. The highest BCUT2D eigenvalue weighted by Gasteiger charge is 2.23. The molecule has 2 rings (SSSR count). The van der Waals surface area contributed by atoms with Gasteiger partial charge in [0.2, 0.25) is 5.91 Å². The van der Waals surface area contributed by atoms with Gasteiger partial charge in [0.15, 0.2) is 0 Å². The second-order valence-corrected chi connectivity index (χ2v) is 4.66. The summed E-state index contributed by atoms with van der Waals surface area (Å²) in [5.74, 6) is 0.0865. The number of hydrogen-bond donors (Lipinski definition) is 2. The second kappa shape index (κ2) is 5.32. The van der Waals surface area contributed by atoms with E-state index in [9.17, 15) is 4.79 Å². The minimum atomic E-state index is -0.116. The molecule has 0 spiro atoms. The van der Waals surface area contributed by atoms with Gasteiger partial charge in [-0.15, -0.1) is 0 Å². The Bertz CT molecular complexity index is 378. The fourth-order valence-electron chi connectivity index (χ4n) is 2.43. The summed E-state index contributed by atoms with van der Waals surface area (Å²) in [6.45, 7) is 4.56. The molecule has 1 aliphatic carbocycles. The molecule has 0 fully saturated rings. The van der Waals surface area contributed by atoms with Crippen LogP contribution in [0.1, 0.15) is 25.0 Å². The van der Waals surface area contributed by atoms with Gasteiger partial charge in [-0.3, -0.25) is 4.79 Å². The van der Waals surface area contributed by atoms with E-state index in [-0.39, 0.29) is 11.9 Å². The van der Waals surface area contributed by atoms with Gasteiger partial charge in [0.25, 0.3) is 0 Å². The summed E-state index contributed by atoms with van der Waals surface area (Å²) in [6.07, 6.45) is 2.06. The summed E-state index contributed by atoms with van der Waals surface area (Å²) in [5, 5.41) is 6.24. The molecule has 92 valence electrons. The lowest BCUT2D eigenvalue weighted by Crippen LogP contribution is -2.46. The van der Waals surface area contributed by atoms with E-state index in [2.05, 4.69) is 34.9 Å². The molecule has 0 saturated heterocycles. The SMILES string of the molecule is CCNC(=O)[C@H](C)NC1Cc2ccccc2C1. The van der Waals surface area contributed by atoms with Crippen LogP contribution < -0.4 is 10.6 Å². The van der Waals surface area contributed by atoms with Crippen molar-refractivity contribution in [1.29, 1.82) is 0 Å². The molecule has 0 heterocycles. The largest absolute Gasteiger partial charge is 0.355 e. The number of hydrogen-bond acceptors (Lipinski definition) is 2. The number of carbonyl (C=O) groups excluding carboxylic acids is 1. The van der Waals surface area contributed by atoms with Gasteiger partial charge in [0.05, 0.1) is 6.04 Å². The number of likely N-dealkylation sites (N-methyl/N-ethyl adjacent to an activating group) is 1. The number of nitrogens with one attached hydrogen (secondary N) is 2. The van der Waals surface area contributed by atoms with Crippen molar-refractivity contribution >= 4 is 5.91 Å². The molecule has 1 aromatic rings. The van der Waals surface area contributed by atoms with Gasteiger partial charge in [-0.2, -0.15) is 0 Å². The molecule has 2 N–H and O–H groups in total. The van der Waals surface area contributed by atoms with Crippen LogP contribution in [0.25, 0.3) is 0 Å². The Morgan fingerprint density at radius 3 is 2.47 bits per heavy atom. The van der Waals surface area contributed by atoms with Crippen molar-refractivity contribution in [3.05, 3.63) is 35.4 Å². The Kier molecular flexibility index (Phi) is 3.79. The second-order valence-electron chi connectivity index (χ2n) is 4.66. The van der Waals surface area contributed by atoms with E-state index >= 15 is 0 Å². The lowest BCUT2D eigenvalue weighted by atomic mass is 10.1. The maximum Gasteiger partial charge on any atom is 0.236 e. The fraction of sp³-hybridized carbons (Fsp3) is 0.500. The lowest BCUT2D eigenvalue weighted by Gasteiger charge is -2.18. The van der Waals surface area contributed by atoms with Crippen molar-refractivity contribution in [2.24, 2.45) is 0 Å². The first-order chi connectivity index (χ1) is 8.20. The van der Waals surface area contributed by atoms with Crippen LogP contribution in [-0.2, 0) is 17.6 Å². The Labute approximate surface area is 103 Å². The van der Waals surface area contributed by atoms with Gasteiger partial charge in [-0.25, -0.2) is 0 Å². The minimum absolute atomic E-state index is 0.0865. The van der Waals surface area contributed by atoms with E-state index in [0.29, 0.717) is 12.6 Å². The summed E-state index contributed by atoms with van der Waals surface area (Å²) < 4.78 is 0. The maximum atomic E-state index is 11.6. The average molecular weight is 232 g/mol. The number of benzene rings is 1. The molecule has 1 amide bonds. The smallest absolute Gasteiger partial charge is 0.236 e. The zero-order valence-corrected chi connectivity index (χ0v) is 10.5. The average Bonchev–Trinajstić information content (AvgIpc) is 2.71. The zero-order valence-electron chi connectivity index (χ0n) is 10.5. The number of rotatable bonds is 4. The Hall–Kier alpha value is -1.35. The van der Waals surface area contributed by atoms with Crippen LogP contribution in [0.2, 0.25) is 0 Å². The van der Waals surface area contributed by atoms with Gasteiger partial charge >= 0.3 is 0 Å². The van der Waals surface area contributed by atoms with Crippen LogP contribution in [0.3, 0.4) is 0 Å². The van der Waals surface area contributed by atoms with E-state index in [1.165, 1.54) is 11.1 Å². The van der Waals surface area contributed by atoms with E-state index in [0.717, 1.165) is 12.8 Å². The summed E-state index contributed by atoms with van der Waals surface area (Å²) in [6, 6.07) is 8.78. The van der Waals surface area contributed by atoms with Crippen molar-refractivity contribution in [3.63, 3.8) is 0 Å². The molecule has 0 unspecified atom stereocenters. The van der Waals surface area contributed by atoms with Crippen molar-refractivity contribution in [2.45, 2.75) is 38.8 Å². The normalized spacial score (nSPS) is 16.6. The van der Waals surface area contributed by atoms with E-state index in [1.54, 1.807) is 0 Å². The van der Waals surface area contributed by atoms with Crippen LogP contribution in [0.5, 0.6) is 0 Å². The molecule has 1 atom stereocenters. The minimum Gasteiger partial charge on any atom is -0.355 e. The van der Waals surface area contributed by atoms with Crippen LogP contribution in [-0.4, -0.2) is 24.5 Å². The van der Waals surface area contributed by atoms with Crippen molar-refractivity contribution in [1.82, 2.24) is 10.6 Å². The highest BCUT2D eigenvalue weighted by molar-refractivity contribution is 5.81. The van der Waals surface area contributed by atoms with Crippen molar-refractivity contribution < 1.29 is 4.79 Å². The molecule has 1 aliphatic rings. The molecule has 0 aliphatic heterocycles. The van der Waals surface area contributed by atoms with Gasteiger partial charge in [0.1, 0.15) is 0 Å². The first-order valence-corrected chi connectivity index (χ1v) is 6.31. The quantitative estimate of drug-likeness (QED) is 0.821. The standard InChI is InChI=1S/C14H20N2O/c1-3-15-14(17)10(2)16-13-8-11-6-4-5-7-12(11)9-13/h4-7,10,13,16H,3,8-9H2,1-2H3,(H,15,17)/t10-/m0/s1. The number of fused-ring (bicyclic) bond motifs is 1.